The fourth-order valence-corrected chi connectivity index (χ4v) is 0.208. The largest absolute Gasteiger partial charge is 0.368 e. The fourth-order valence-electron chi connectivity index (χ4n) is 0.131. The molecule has 0 bridgehead atoms. The number of carbonyl (C=O) groups is 1. The Balaban J connectivity index is 0. The molecule has 0 heterocycles. The van der Waals surface area contributed by atoms with E-state index in [4.69, 9.17) is 17.0 Å². The maximum atomic E-state index is 9.80. The lowest BCUT2D eigenvalue weighted by Gasteiger charge is -1.86. The van der Waals surface area contributed by atoms with Crippen molar-refractivity contribution in [2.24, 2.45) is 0 Å². The number of rotatable bonds is 3. The minimum absolute atomic E-state index is 0. The molecule has 0 aromatic carbocycles. The number of nitrogens with one attached hydrogen (secondary N) is 2. The third kappa shape index (κ3) is 9.21. The zero-order valence-electron chi connectivity index (χ0n) is 3.98. The van der Waals surface area contributed by atoms with E-state index in [1.165, 1.54) is 0 Å². The molecule has 0 spiro atoms. The summed E-state index contributed by atoms with van der Waals surface area (Å²) in [6, 6.07) is 0. The van der Waals surface area contributed by atoms with Gasteiger partial charge in [0.25, 0.3) is 0 Å². The molecule has 0 unspecified atom stereocenters. The van der Waals surface area contributed by atoms with E-state index in [1.54, 1.807) is 0 Å². The summed E-state index contributed by atoms with van der Waals surface area (Å²) in [7, 11) is 0. The second kappa shape index (κ2) is 6.72. The Labute approximate surface area is 58.3 Å². The van der Waals surface area contributed by atoms with Crippen molar-refractivity contribution in [2.45, 2.75) is 0 Å². The molecule has 0 saturated heterocycles. The predicted octanol–water partition coefficient (Wildman–Crippen LogP) is 0.370. The molecular formula is C3H6Cl2N2O. The van der Waals surface area contributed by atoms with Crippen molar-refractivity contribution in [2.75, 3.05) is 6.54 Å². The topological polar surface area (TPSA) is 53.0 Å². The first kappa shape index (κ1) is 10.7. The van der Waals surface area contributed by atoms with Gasteiger partial charge in [0.05, 0.1) is 12.9 Å². The Bertz CT molecular complexity index is 85.4. The first-order valence-corrected chi connectivity index (χ1v) is 2.06. The molecule has 5 heteroatoms. The zero-order valence-corrected chi connectivity index (χ0v) is 5.55. The van der Waals surface area contributed by atoms with Crippen molar-refractivity contribution in [3.63, 3.8) is 0 Å². The number of hydrogen-bond acceptors (Lipinski definition) is 2. The van der Waals surface area contributed by atoms with Crippen LogP contribution in [0.15, 0.2) is 0 Å². The van der Waals surface area contributed by atoms with E-state index in [2.05, 4.69) is 5.32 Å². The van der Waals surface area contributed by atoms with Crippen LogP contribution in [0, 0.1) is 5.41 Å². The van der Waals surface area contributed by atoms with Crippen LogP contribution in [0.3, 0.4) is 0 Å². The second-order valence-corrected chi connectivity index (χ2v) is 1.30. The molecule has 8 heavy (non-hydrogen) atoms. The monoisotopic (exact) mass is 156 g/mol. The molecule has 0 aromatic heterocycles. The average molecular weight is 157 g/mol. The highest BCUT2D eigenvalue weighted by Crippen LogP contribution is 1.71. The summed E-state index contributed by atoms with van der Waals surface area (Å²) in [5.41, 5.74) is 0. The van der Waals surface area contributed by atoms with Gasteiger partial charge in [-0.3, -0.25) is 10.2 Å². The van der Waals surface area contributed by atoms with Gasteiger partial charge >= 0.3 is 0 Å². The highest BCUT2D eigenvalue weighted by molar-refractivity contribution is 6.64. The van der Waals surface area contributed by atoms with E-state index in [1.807, 2.05) is 0 Å². The van der Waals surface area contributed by atoms with Crippen LogP contribution in [0.1, 0.15) is 0 Å². The SMILES string of the molecule is Cl.N=CNCC(=O)Cl. The first-order chi connectivity index (χ1) is 3.27. The molecule has 0 aliphatic carbocycles. The lowest BCUT2D eigenvalue weighted by Crippen LogP contribution is -2.16. The lowest BCUT2D eigenvalue weighted by atomic mass is 10.7. The number of halogens is 2. The molecule has 0 saturated carbocycles. The molecule has 0 atom stereocenters. The van der Waals surface area contributed by atoms with Gasteiger partial charge in [0, 0.05) is 0 Å². The van der Waals surface area contributed by atoms with E-state index in [9.17, 15) is 4.79 Å². The second-order valence-electron chi connectivity index (χ2n) is 0.880. The van der Waals surface area contributed by atoms with Gasteiger partial charge in [-0.05, 0) is 11.6 Å². The quantitative estimate of drug-likeness (QED) is 0.353. The van der Waals surface area contributed by atoms with Gasteiger partial charge in [-0.15, -0.1) is 12.4 Å². The molecule has 0 amide bonds. The summed E-state index contributed by atoms with van der Waals surface area (Å²) in [6.07, 6.45) is 0.917. The van der Waals surface area contributed by atoms with Crippen LogP contribution in [0.5, 0.6) is 0 Å². The standard InChI is InChI=1S/C3H5ClN2O.ClH/c4-3(7)1-6-2-5;/h2H,1H2,(H2,5,6);1H. The van der Waals surface area contributed by atoms with Crippen molar-refractivity contribution < 1.29 is 4.79 Å². The Morgan fingerprint density at radius 2 is 2.38 bits per heavy atom. The highest BCUT2D eigenvalue weighted by Gasteiger charge is 1.87. The van der Waals surface area contributed by atoms with E-state index in [-0.39, 0.29) is 19.0 Å². The van der Waals surface area contributed by atoms with Gasteiger partial charge in [-0.25, -0.2) is 0 Å². The Hall–Kier alpha value is -0.280. The highest BCUT2D eigenvalue weighted by atomic mass is 35.5. The maximum Gasteiger partial charge on any atom is 0.240 e. The molecule has 0 aliphatic rings. The van der Waals surface area contributed by atoms with Crippen molar-refractivity contribution in [1.29, 1.82) is 5.41 Å². The van der Waals surface area contributed by atoms with Crippen LogP contribution in [0.4, 0.5) is 0 Å². The molecule has 0 aromatic rings. The Kier molecular flexibility index (Phi) is 8.95. The van der Waals surface area contributed by atoms with E-state index in [0.29, 0.717) is 0 Å². The van der Waals surface area contributed by atoms with Crippen molar-refractivity contribution in [1.82, 2.24) is 5.32 Å². The van der Waals surface area contributed by atoms with Crippen LogP contribution in [-0.4, -0.2) is 18.1 Å². The summed E-state index contributed by atoms with van der Waals surface area (Å²) in [5.74, 6) is 0. The van der Waals surface area contributed by atoms with Crippen molar-refractivity contribution in [3.8, 4) is 0 Å². The van der Waals surface area contributed by atoms with Crippen LogP contribution >= 0.6 is 24.0 Å². The number of carbonyl (C=O) groups excluding carboxylic acids is 1. The summed E-state index contributed by atoms with van der Waals surface area (Å²) in [5, 5.41) is 8.17. The van der Waals surface area contributed by atoms with Crippen LogP contribution in [-0.2, 0) is 4.79 Å². The molecule has 3 nitrogen and oxygen atoms in total. The molecule has 0 aliphatic heterocycles. The summed E-state index contributed by atoms with van der Waals surface area (Å²) < 4.78 is 0. The van der Waals surface area contributed by atoms with Gasteiger partial charge < -0.3 is 5.32 Å². The summed E-state index contributed by atoms with van der Waals surface area (Å²) in [6.45, 7) is 0.0328. The van der Waals surface area contributed by atoms with Crippen LogP contribution in [0.25, 0.3) is 0 Å². The maximum absolute atomic E-state index is 9.80. The minimum Gasteiger partial charge on any atom is -0.368 e. The fraction of sp³-hybridized carbons (Fsp3) is 0.333. The predicted molar refractivity (Wildman–Crippen MR) is 34.9 cm³/mol. The Morgan fingerprint density at radius 3 is 2.50 bits per heavy atom. The minimum atomic E-state index is -0.483. The smallest absolute Gasteiger partial charge is 0.240 e. The summed E-state index contributed by atoms with van der Waals surface area (Å²) >= 11 is 4.85. The van der Waals surface area contributed by atoms with Crippen LogP contribution < -0.4 is 5.32 Å². The van der Waals surface area contributed by atoms with Gasteiger partial charge in [-0.2, -0.15) is 0 Å². The molecule has 2 N–H and O–H groups in total. The molecule has 0 fully saturated rings. The zero-order chi connectivity index (χ0) is 5.70. The van der Waals surface area contributed by atoms with E-state index >= 15 is 0 Å². The lowest BCUT2D eigenvalue weighted by molar-refractivity contribution is -0.110. The molecule has 0 rings (SSSR count). The van der Waals surface area contributed by atoms with Gasteiger partial charge in [-0.1, -0.05) is 0 Å². The first-order valence-electron chi connectivity index (χ1n) is 1.68. The van der Waals surface area contributed by atoms with Gasteiger partial charge in [0.2, 0.25) is 5.24 Å². The van der Waals surface area contributed by atoms with E-state index < -0.39 is 5.24 Å². The molecular weight excluding hydrogens is 151 g/mol. The van der Waals surface area contributed by atoms with Crippen LogP contribution in [0.2, 0.25) is 0 Å². The van der Waals surface area contributed by atoms with Crippen molar-refractivity contribution >= 4 is 35.6 Å². The summed E-state index contributed by atoms with van der Waals surface area (Å²) in [4.78, 5) is 9.80. The molecule has 0 radical (unpaired) electrons. The Morgan fingerprint density at radius 1 is 1.88 bits per heavy atom. The molecule has 48 valence electrons. The van der Waals surface area contributed by atoms with Gasteiger partial charge in [0.1, 0.15) is 0 Å². The third-order valence-corrected chi connectivity index (χ3v) is 0.477. The van der Waals surface area contributed by atoms with Gasteiger partial charge in [0.15, 0.2) is 0 Å². The number of hydrogen-bond donors (Lipinski definition) is 2. The van der Waals surface area contributed by atoms with Crippen molar-refractivity contribution in [3.05, 3.63) is 0 Å². The normalized spacial score (nSPS) is 6.62. The third-order valence-electron chi connectivity index (χ3n) is 0.343. The average Bonchev–Trinajstić information content (AvgIpc) is 1.61. The van der Waals surface area contributed by atoms with E-state index in [0.717, 1.165) is 6.34 Å².